The molecule has 1 unspecified atom stereocenters. The first-order valence-electron chi connectivity index (χ1n) is 16.9. The van der Waals surface area contributed by atoms with E-state index in [1.54, 1.807) is 0 Å². The maximum absolute atomic E-state index is 4.82. The van der Waals surface area contributed by atoms with E-state index in [4.69, 9.17) is 12.6 Å². The van der Waals surface area contributed by atoms with Gasteiger partial charge in [0, 0.05) is 49.2 Å². The molecule has 4 heterocycles. The Hall–Kier alpha value is -5.45. The third kappa shape index (κ3) is 3.12. The van der Waals surface area contributed by atoms with Gasteiger partial charge in [0.2, 0.25) is 0 Å². The summed E-state index contributed by atoms with van der Waals surface area (Å²) in [5.74, 6) is 0. The number of hydrogen-bond donors (Lipinski definition) is 1. The zero-order valence-electron chi connectivity index (χ0n) is 26.0. The Morgan fingerprint density at radius 3 is 1.90 bits per heavy atom. The van der Waals surface area contributed by atoms with Crippen molar-refractivity contribution in [3.8, 4) is 22.5 Å². The molecule has 1 aliphatic carbocycles. The molecule has 48 heavy (non-hydrogen) atoms. The summed E-state index contributed by atoms with van der Waals surface area (Å²) >= 11 is 4.82. The zero-order chi connectivity index (χ0) is 31.2. The summed E-state index contributed by atoms with van der Waals surface area (Å²) in [5.41, 5.74) is 17.1. The predicted octanol–water partition coefficient (Wildman–Crippen LogP) is 8.71. The Kier molecular flexibility index (Phi) is 4.76. The van der Waals surface area contributed by atoms with Crippen molar-refractivity contribution in [3.63, 3.8) is 0 Å². The molecule has 12 rings (SSSR count). The van der Waals surface area contributed by atoms with Crippen LogP contribution in [0.4, 0.5) is 0 Å². The number of benzene rings is 7. The summed E-state index contributed by atoms with van der Waals surface area (Å²) in [6.45, 7) is 0.131. The molecule has 3 aliphatic rings. The van der Waals surface area contributed by atoms with Gasteiger partial charge in [0.25, 0.3) is 6.71 Å². The molecule has 0 fully saturated rings. The standard InChI is InChI=1S/C44H27BN2S/c48-31-17-16-28-22-39-35(20-29(28)18-31)33-13-7-15-37-44(33)47(39)41-24-30(25-8-2-1-3-9-25)23-40-42(41)45(37)36-14-6-12-32-34-19-26-10-4-5-11-27(26)21-38(34)46(40)43(32)36/h1-17,19-24,31,48H,18H2. The van der Waals surface area contributed by atoms with Crippen LogP contribution in [0.2, 0.25) is 0 Å². The quantitative estimate of drug-likeness (QED) is 0.138. The lowest BCUT2D eigenvalue weighted by molar-refractivity contribution is 1.01. The smallest absolute Gasteiger partial charge is 0.252 e. The monoisotopic (exact) mass is 626 g/mol. The summed E-state index contributed by atoms with van der Waals surface area (Å²) in [7, 11) is 0. The fourth-order valence-electron chi connectivity index (χ4n) is 9.35. The van der Waals surface area contributed by atoms with Crippen molar-refractivity contribution < 1.29 is 0 Å². The summed E-state index contributed by atoms with van der Waals surface area (Å²) in [4.78, 5) is 0. The molecule has 4 heteroatoms. The molecular weight excluding hydrogens is 599 g/mol. The molecule has 222 valence electrons. The first-order valence-corrected chi connectivity index (χ1v) is 17.4. The van der Waals surface area contributed by atoms with E-state index in [0.717, 1.165) is 6.42 Å². The number of hydrogen-bond acceptors (Lipinski definition) is 1. The van der Waals surface area contributed by atoms with Gasteiger partial charge in [-0.3, -0.25) is 0 Å². The van der Waals surface area contributed by atoms with Gasteiger partial charge in [0.05, 0.1) is 11.0 Å². The molecule has 0 saturated carbocycles. The number of aromatic nitrogens is 2. The molecule has 2 aromatic heterocycles. The Morgan fingerprint density at radius 1 is 0.562 bits per heavy atom. The Balaban J connectivity index is 1.30. The van der Waals surface area contributed by atoms with Crippen molar-refractivity contribution >= 4 is 96.2 Å². The predicted molar refractivity (Wildman–Crippen MR) is 208 cm³/mol. The number of rotatable bonds is 1. The van der Waals surface area contributed by atoms with Crippen LogP contribution in [0.25, 0.3) is 83.0 Å². The topological polar surface area (TPSA) is 9.86 Å². The van der Waals surface area contributed by atoms with E-state index in [1.165, 1.54) is 104 Å². The highest BCUT2D eigenvalue weighted by atomic mass is 32.1. The van der Waals surface area contributed by atoms with Crippen LogP contribution in [0.15, 0.2) is 133 Å². The van der Waals surface area contributed by atoms with Gasteiger partial charge < -0.3 is 9.13 Å². The van der Waals surface area contributed by atoms with E-state index in [2.05, 4.69) is 149 Å². The van der Waals surface area contributed by atoms with Crippen molar-refractivity contribution in [2.75, 3.05) is 0 Å². The fourth-order valence-corrected chi connectivity index (χ4v) is 9.63. The highest BCUT2D eigenvalue weighted by Crippen LogP contribution is 2.42. The zero-order valence-corrected chi connectivity index (χ0v) is 26.9. The third-order valence-corrected chi connectivity index (χ3v) is 11.7. The van der Waals surface area contributed by atoms with E-state index >= 15 is 0 Å². The average molecular weight is 627 g/mol. The summed E-state index contributed by atoms with van der Waals surface area (Å²) in [6.07, 6.45) is 5.46. The lowest BCUT2D eigenvalue weighted by Gasteiger charge is -2.34. The number of nitrogens with zero attached hydrogens (tertiary/aromatic N) is 2. The minimum atomic E-state index is 0.131. The molecule has 0 radical (unpaired) electrons. The average Bonchev–Trinajstić information content (AvgIpc) is 3.63. The third-order valence-electron chi connectivity index (χ3n) is 11.3. The second-order valence-corrected chi connectivity index (χ2v) is 14.5. The van der Waals surface area contributed by atoms with Crippen LogP contribution in [0.5, 0.6) is 0 Å². The Labute approximate surface area is 283 Å². The number of para-hydroxylation sites is 2. The fraction of sp³-hybridized carbons (Fsp3) is 0.0455. The summed E-state index contributed by atoms with van der Waals surface area (Å²) in [6, 6.07) is 48.3. The van der Waals surface area contributed by atoms with Gasteiger partial charge in [-0.2, -0.15) is 12.6 Å². The van der Waals surface area contributed by atoms with Gasteiger partial charge in [-0.25, -0.2) is 0 Å². The van der Waals surface area contributed by atoms with Crippen LogP contribution in [0, 0.1) is 0 Å². The van der Waals surface area contributed by atoms with E-state index in [9.17, 15) is 0 Å². The SMILES string of the molecule is SC1C=Cc2cc3c(cc2C1)c1cccc2c1n3-c1cc(-c3ccccc3)cc3c1B2c1cccc2c4cc5ccccc5cc4n-3c12. The van der Waals surface area contributed by atoms with Crippen LogP contribution in [-0.4, -0.2) is 21.1 Å². The van der Waals surface area contributed by atoms with E-state index < -0.39 is 0 Å². The Morgan fingerprint density at radius 2 is 1.19 bits per heavy atom. The second-order valence-electron chi connectivity index (χ2n) is 13.8. The summed E-state index contributed by atoms with van der Waals surface area (Å²) < 4.78 is 5.18. The molecule has 2 aliphatic heterocycles. The molecule has 9 aromatic rings. The molecular formula is C44H27BN2S. The van der Waals surface area contributed by atoms with Crippen LogP contribution < -0.4 is 16.4 Å². The maximum Gasteiger partial charge on any atom is 0.252 e. The van der Waals surface area contributed by atoms with Crippen molar-refractivity contribution in [1.82, 2.24) is 9.13 Å². The number of fused-ring (bicyclic) bond motifs is 12. The summed E-state index contributed by atoms with van der Waals surface area (Å²) in [5, 5.41) is 8.10. The normalized spacial score (nSPS) is 15.6. The molecule has 1 atom stereocenters. The highest BCUT2D eigenvalue weighted by molar-refractivity contribution is 7.81. The van der Waals surface area contributed by atoms with Gasteiger partial charge in [0.15, 0.2) is 0 Å². The van der Waals surface area contributed by atoms with Crippen LogP contribution in [0.3, 0.4) is 0 Å². The molecule has 2 nitrogen and oxygen atoms in total. The lowest BCUT2D eigenvalue weighted by atomic mass is 9.34. The highest BCUT2D eigenvalue weighted by Gasteiger charge is 2.41. The largest absolute Gasteiger partial charge is 0.310 e. The van der Waals surface area contributed by atoms with Crippen molar-refractivity contribution in [1.29, 1.82) is 0 Å². The first-order chi connectivity index (χ1) is 23.7. The van der Waals surface area contributed by atoms with Crippen molar-refractivity contribution in [3.05, 3.63) is 145 Å². The second kappa shape index (κ2) is 8.92. The van der Waals surface area contributed by atoms with Crippen LogP contribution in [0.1, 0.15) is 11.1 Å². The first kappa shape index (κ1) is 25.6. The maximum atomic E-state index is 4.82. The molecule has 7 aromatic carbocycles. The van der Waals surface area contributed by atoms with E-state index in [-0.39, 0.29) is 12.0 Å². The Bertz CT molecular complexity index is 2950. The van der Waals surface area contributed by atoms with Gasteiger partial charge >= 0.3 is 0 Å². The van der Waals surface area contributed by atoms with Crippen molar-refractivity contribution in [2.24, 2.45) is 0 Å². The minimum absolute atomic E-state index is 0.131. The van der Waals surface area contributed by atoms with Gasteiger partial charge in [-0.05, 0) is 92.2 Å². The van der Waals surface area contributed by atoms with Crippen molar-refractivity contribution in [2.45, 2.75) is 11.7 Å². The van der Waals surface area contributed by atoms with Gasteiger partial charge in [-0.1, -0.05) is 103 Å². The van der Waals surface area contributed by atoms with Crippen LogP contribution >= 0.6 is 12.6 Å². The lowest BCUT2D eigenvalue weighted by Crippen LogP contribution is -2.59. The molecule has 0 N–H and O–H groups in total. The van der Waals surface area contributed by atoms with Gasteiger partial charge in [-0.15, -0.1) is 0 Å². The van der Waals surface area contributed by atoms with Crippen LogP contribution in [-0.2, 0) is 6.42 Å². The van der Waals surface area contributed by atoms with E-state index in [1.807, 2.05) is 0 Å². The number of thiol groups is 1. The molecule has 0 spiro atoms. The minimum Gasteiger partial charge on any atom is -0.310 e. The molecule has 0 saturated heterocycles. The van der Waals surface area contributed by atoms with Gasteiger partial charge in [0.1, 0.15) is 0 Å². The van der Waals surface area contributed by atoms with E-state index in [0.29, 0.717) is 0 Å². The molecule has 0 bridgehead atoms. The molecule has 0 amide bonds.